The molecular formula is C33H26Cl2N2O5. The molecule has 0 aliphatic heterocycles. The molecule has 0 aliphatic carbocycles. The van der Waals surface area contributed by atoms with Gasteiger partial charge in [0.15, 0.2) is 19.0 Å². The molecule has 0 saturated carbocycles. The number of amides is 2. The molecule has 0 heterocycles. The minimum absolute atomic E-state index is 0.155. The number of nitrogens with one attached hydrogen (secondary N) is 2. The number of ether oxygens (including phenoxy) is 2. The summed E-state index contributed by atoms with van der Waals surface area (Å²) < 4.78 is 11.0. The average Bonchev–Trinajstić information content (AvgIpc) is 2.98. The third kappa shape index (κ3) is 10.3. The van der Waals surface area contributed by atoms with Gasteiger partial charge in [0, 0.05) is 21.4 Å². The maximum absolute atomic E-state index is 12.3. The number of carbonyl (C=O) groups is 3. The highest BCUT2D eigenvalue weighted by atomic mass is 35.5. The first-order valence-electron chi connectivity index (χ1n) is 12.8. The number of carbonyl (C=O) groups excluding carboxylic acids is 3. The molecule has 0 atom stereocenters. The zero-order valence-corrected chi connectivity index (χ0v) is 23.8. The first-order valence-corrected chi connectivity index (χ1v) is 13.5. The van der Waals surface area contributed by atoms with Gasteiger partial charge in [0.05, 0.1) is 0 Å². The van der Waals surface area contributed by atoms with Gasteiger partial charge in [0.1, 0.15) is 11.5 Å². The molecule has 0 bridgehead atoms. The topological polar surface area (TPSA) is 93.7 Å². The Hall–Kier alpha value is -4.85. The van der Waals surface area contributed by atoms with Crippen molar-refractivity contribution in [3.05, 3.63) is 130 Å². The van der Waals surface area contributed by atoms with Crippen LogP contribution < -0.4 is 20.1 Å². The fourth-order valence-electron chi connectivity index (χ4n) is 3.59. The van der Waals surface area contributed by atoms with Crippen molar-refractivity contribution in [1.29, 1.82) is 0 Å². The van der Waals surface area contributed by atoms with E-state index in [0.29, 0.717) is 32.9 Å². The molecule has 9 heteroatoms. The van der Waals surface area contributed by atoms with Crippen LogP contribution in [-0.4, -0.2) is 30.8 Å². The van der Waals surface area contributed by atoms with Crippen LogP contribution in [0.15, 0.2) is 109 Å². The largest absolute Gasteiger partial charge is 0.484 e. The summed E-state index contributed by atoms with van der Waals surface area (Å²) in [6, 6.07) is 27.7. The van der Waals surface area contributed by atoms with Crippen molar-refractivity contribution in [2.45, 2.75) is 0 Å². The Morgan fingerprint density at radius 2 is 1.00 bits per heavy atom. The Morgan fingerprint density at radius 3 is 1.38 bits per heavy atom. The lowest BCUT2D eigenvalue weighted by Crippen LogP contribution is -2.20. The van der Waals surface area contributed by atoms with Crippen LogP contribution in [0, 0.1) is 0 Å². The van der Waals surface area contributed by atoms with Crippen LogP contribution in [0.3, 0.4) is 0 Å². The highest BCUT2D eigenvalue weighted by Crippen LogP contribution is 2.18. The Balaban J connectivity index is 1.18. The molecule has 0 radical (unpaired) electrons. The number of benzene rings is 4. The van der Waals surface area contributed by atoms with Crippen molar-refractivity contribution in [2.75, 3.05) is 23.8 Å². The fraction of sp³-hybridized carbons (Fsp3) is 0.0606. The number of hydrogen-bond donors (Lipinski definition) is 2. The van der Waals surface area contributed by atoms with E-state index in [-0.39, 0.29) is 30.8 Å². The number of ketones is 1. The van der Waals surface area contributed by atoms with Crippen LogP contribution >= 0.6 is 23.2 Å². The molecule has 0 unspecified atom stereocenters. The SMILES string of the molecule is O=C(/C=C/c1ccc(OCC(=O)Nc2cccc(Cl)c2)cc1)/C=C/c1ccc(OCC(=O)Nc2cccc(Cl)c2)cc1. The van der Waals surface area contributed by atoms with Crippen molar-refractivity contribution in [2.24, 2.45) is 0 Å². The van der Waals surface area contributed by atoms with Gasteiger partial charge in [0.25, 0.3) is 11.8 Å². The minimum Gasteiger partial charge on any atom is -0.484 e. The molecule has 7 nitrogen and oxygen atoms in total. The molecule has 0 aromatic heterocycles. The summed E-state index contributed by atoms with van der Waals surface area (Å²) in [6.07, 6.45) is 6.29. The van der Waals surface area contributed by atoms with Crippen molar-refractivity contribution in [3.8, 4) is 11.5 Å². The van der Waals surface area contributed by atoms with Crippen molar-refractivity contribution >= 4 is 64.3 Å². The molecule has 2 N–H and O–H groups in total. The molecule has 0 saturated heterocycles. The second-order valence-electron chi connectivity index (χ2n) is 8.90. The minimum atomic E-state index is -0.307. The third-order valence-electron chi connectivity index (χ3n) is 5.60. The maximum Gasteiger partial charge on any atom is 0.262 e. The van der Waals surface area contributed by atoms with Gasteiger partial charge in [-0.3, -0.25) is 14.4 Å². The van der Waals surface area contributed by atoms with Gasteiger partial charge in [-0.15, -0.1) is 0 Å². The first-order chi connectivity index (χ1) is 20.3. The monoisotopic (exact) mass is 600 g/mol. The van der Waals surface area contributed by atoms with Crippen LogP contribution in [-0.2, 0) is 14.4 Å². The van der Waals surface area contributed by atoms with Crippen LogP contribution in [0.25, 0.3) is 12.2 Å². The quantitative estimate of drug-likeness (QED) is 0.166. The molecule has 4 rings (SSSR count). The van der Waals surface area contributed by atoms with Crippen LogP contribution in [0.5, 0.6) is 11.5 Å². The van der Waals surface area contributed by atoms with Gasteiger partial charge in [-0.05, 0) is 83.9 Å². The molecular weight excluding hydrogens is 575 g/mol. The zero-order valence-electron chi connectivity index (χ0n) is 22.3. The van der Waals surface area contributed by atoms with Gasteiger partial charge in [-0.2, -0.15) is 0 Å². The first kappa shape index (κ1) is 30.1. The normalized spacial score (nSPS) is 10.9. The van der Waals surface area contributed by atoms with Gasteiger partial charge < -0.3 is 20.1 Å². The maximum atomic E-state index is 12.3. The smallest absolute Gasteiger partial charge is 0.262 e. The summed E-state index contributed by atoms with van der Waals surface area (Å²) >= 11 is 11.8. The van der Waals surface area contributed by atoms with Crippen LogP contribution in [0.2, 0.25) is 10.0 Å². The van der Waals surface area contributed by atoms with E-state index in [4.69, 9.17) is 32.7 Å². The zero-order chi connectivity index (χ0) is 29.7. The fourth-order valence-corrected chi connectivity index (χ4v) is 3.97. The Kier molecular flexibility index (Phi) is 10.9. The number of halogens is 2. The lowest BCUT2D eigenvalue weighted by molar-refractivity contribution is -0.118. The number of rotatable bonds is 12. The van der Waals surface area contributed by atoms with Gasteiger partial charge in [0.2, 0.25) is 0 Å². The van der Waals surface area contributed by atoms with E-state index >= 15 is 0 Å². The molecule has 4 aromatic rings. The third-order valence-corrected chi connectivity index (χ3v) is 6.07. The van der Waals surface area contributed by atoms with Crippen molar-refractivity contribution < 1.29 is 23.9 Å². The standard InChI is InChI=1S/C33H26Cl2N2O5/c34-25-3-1-5-27(19-25)36-32(39)21-41-30-15-9-23(10-16-30)7-13-29(38)14-8-24-11-17-31(18-12-24)42-22-33(40)37-28-6-2-4-26(35)20-28/h1-20H,21-22H2,(H,36,39)(H,37,40)/b13-7+,14-8+. The van der Waals surface area contributed by atoms with Gasteiger partial charge >= 0.3 is 0 Å². The summed E-state index contributed by atoms with van der Waals surface area (Å²) in [4.78, 5) is 36.5. The summed E-state index contributed by atoms with van der Waals surface area (Å²) in [5, 5.41) is 6.49. The highest BCUT2D eigenvalue weighted by Gasteiger charge is 2.06. The van der Waals surface area contributed by atoms with E-state index in [1.54, 1.807) is 109 Å². The molecule has 42 heavy (non-hydrogen) atoms. The summed E-state index contributed by atoms with van der Waals surface area (Å²) in [5.41, 5.74) is 2.78. The number of allylic oxidation sites excluding steroid dienone is 2. The van der Waals surface area contributed by atoms with E-state index in [9.17, 15) is 14.4 Å². The molecule has 4 aromatic carbocycles. The Labute approximate surface area is 253 Å². The van der Waals surface area contributed by atoms with E-state index in [1.807, 2.05) is 0 Å². The second-order valence-corrected chi connectivity index (χ2v) is 9.77. The van der Waals surface area contributed by atoms with Crippen molar-refractivity contribution in [1.82, 2.24) is 0 Å². The van der Waals surface area contributed by atoms with Crippen LogP contribution in [0.4, 0.5) is 11.4 Å². The summed E-state index contributed by atoms with van der Waals surface area (Å²) in [7, 11) is 0. The van der Waals surface area contributed by atoms with E-state index < -0.39 is 0 Å². The van der Waals surface area contributed by atoms with E-state index in [1.165, 1.54) is 12.2 Å². The average molecular weight is 601 g/mol. The number of hydrogen-bond acceptors (Lipinski definition) is 5. The summed E-state index contributed by atoms with van der Waals surface area (Å²) in [5.74, 6) is 0.241. The van der Waals surface area contributed by atoms with Crippen LogP contribution in [0.1, 0.15) is 11.1 Å². The lowest BCUT2D eigenvalue weighted by atomic mass is 10.1. The molecule has 0 aliphatic rings. The Bertz CT molecular complexity index is 1480. The van der Waals surface area contributed by atoms with Gasteiger partial charge in [-0.1, -0.05) is 71.8 Å². The van der Waals surface area contributed by atoms with E-state index in [2.05, 4.69) is 10.6 Å². The van der Waals surface area contributed by atoms with Crippen molar-refractivity contribution in [3.63, 3.8) is 0 Å². The molecule has 0 fully saturated rings. The van der Waals surface area contributed by atoms with Gasteiger partial charge in [-0.25, -0.2) is 0 Å². The molecule has 0 spiro atoms. The predicted molar refractivity (Wildman–Crippen MR) is 167 cm³/mol. The number of anilines is 2. The Morgan fingerprint density at radius 1 is 0.595 bits per heavy atom. The second kappa shape index (κ2) is 15.2. The molecule has 212 valence electrons. The predicted octanol–water partition coefficient (Wildman–Crippen LogP) is 7.32. The van der Waals surface area contributed by atoms with E-state index in [0.717, 1.165) is 11.1 Å². The lowest BCUT2D eigenvalue weighted by Gasteiger charge is -2.08. The highest BCUT2D eigenvalue weighted by molar-refractivity contribution is 6.31. The summed E-state index contributed by atoms with van der Waals surface area (Å²) in [6.45, 7) is -0.311. The molecule has 2 amide bonds.